The second-order valence-electron chi connectivity index (χ2n) is 10.6. The summed E-state index contributed by atoms with van der Waals surface area (Å²) in [6.07, 6.45) is 2.01. The molecule has 0 aromatic heterocycles. The summed E-state index contributed by atoms with van der Waals surface area (Å²) in [7, 11) is 0. The summed E-state index contributed by atoms with van der Waals surface area (Å²) in [6.45, 7) is 4.10. The van der Waals surface area contributed by atoms with E-state index >= 15 is 0 Å². The maximum atomic E-state index is 13.1. The molecule has 0 radical (unpaired) electrons. The zero-order valence-corrected chi connectivity index (χ0v) is 22.0. The molecule has 1 amide bonds. The Labute approximate surface area is 222 Å². The Hall–Kier alpha value is -2.19. The summed E-state index contributed by atoms with van der Waals surface area (Å²) in [5, 5.41) is 3.44. The van der Waals surface area contributed by atoms with Gasteiger partial charge in [-0.05, 0) is 73.5 Å². The van der Waals surface area contributed by atoms with Gasteiger partial charge in [-0.1, -0.05) is 31.0 Å². The number of carbonyl (C=O) groups is 1. The first-order valence-corrected chi connectivity index (χ1v) is 14.5. The van der Waals surface area contributed by atoms with E-state index in [4.69, 9.17) is 0 Å². The minimum absolute atomic E-state index is 0.108. The number of benzene rings is 2. The smallest absolute Gasteiger partial charge is 0.369 e. The molecule has 37 heavy (non-hydrogen) atoms. The van der Waals surface area contributed by atoms with E-state index in [1.807, 2.05) is 11.8 Å². The number of amides is 1. The van der Waals surface area contributed by atoms with Gasteiger partial charge in [-0.3, -0.25) is 9.69 Å². The molecule has 1 N–H and O–H groups in total. The average Bonchev–Trinajstić information content (AvgIpc) is 3.06. The summed E-state index contributed by atoms with van der Waals surface area (Å²) in [5.74, 6) is 2.47. The predicted octanol–water partition coefficient (Wildman–Crippen LogP) is 6.38. The first-order chi connectivity index (χ1) is 17.9. The second kappa shape index (κ2) is 11.7. The van der Waals surface area contributed by atoms with E-state index in [1.54, 1.807) is 12.1 Å². The van der Waals surface area contributed by atoms with Crippen molar-refractivity contribution in [3.05, 3.63) is 59.7 Å². The van der Waals surface area contributed by atoms with Gasteiger partial charge in [0.15, 0.2) is 0 Å². The van der Waals surface area contributed by atoms with Crippen LogP contribution in [0.25, 0.3) is 0 Å². The van der Waals surface area contributed by atoms with E-state index < -0.39 is 11.7 Å². The molecule has 5 rings (SSSR count). The predicted molar refractivity (Wildman–Crippen MR) is 143 cm³/mol. The molecule has 4 nitrogen and oxygen atoms in total. The van der Waals surface area contributed by atoms with Gasteiger partial charge in [0.25, 0.3) is 0 Å². The van der Waals surface area contributed by atoms with Crippen LogP contribution in [0.15, 0.2) is 53.4 Å². The Bertz CT molecular complexity index is 1050. The number of hydrogen-bond donors (Lipinski definition) is 1. The monoisotopic (exact) mass is 531 g/mol. The van der Waals surface area contributed by atoms with Crippen LogP contribution in [-0.2, 0) is 11.0 Å². The maximum Gasteiger partial charge on any atom is 0.416 e. The summed E-state index contributed by atoms with van der Waals surface area (Å²) < 4.78 is 38.5. The first-order valence-electron chi connectivity index (χ1n) is 13.5. The number of hydrogen-bond acceptors (Lipinski definition) is 4. The SMILES string of the molecule is O=C(CCCN1CCN(c2ccc(C(F)(F)F)cc2)CC1)N[C@H]1c2ccccc2SC[C@@H]2CCCC[C@H]21. The largest absolute Gasteiger partial charge is 0.416 e. The Morgan fingerprint density at radius 2 is 1.70 bits per heavy atom. The van der Waals surface area contributed by atoms with Crippen LogP contribution in [0.5, 0.6) is 0 Å². The lowest BCUT2D eigenvalue weighted by molar-refractivity contribution is -0.137. The van der Waals surface area contributed by atoms with E-state index in [-0.39, 0.29) is 11.9 Å². The number of fused-ring (bicyclic) bond motifs is 2. The minimum Gasteiger partial charge on any atom is -0.369 e. The molecule has 1 saturated carbocycles. The molecule has 3 atom stereocenters. The number of alkyl halides is 3. The fourth-order valence-electron chi connectivity index (χ4n) is 6.16. The molecular formula is C29H36F3N3OS. The van der Waals surface area contributed by atoms with Crippen LogP contribution in [0.1, 0.15) is 55.7 Å². The maximum absolute atomic E-state index is 13.1. The van der Waals surface area contributed by atoms with E-state index in [2.05, 4.69) is 39.4 Å². The van der Waals surface area contributed by atoms with Gasteiger partial charge in [0, 0.05) is 48.9 Å². The molecule has 0 bridgehead atoms. The van der Waals surface area contributed by atoms with Gasteiger partial charge in [-0.2, -0.15) is 13.2 Å². The van der Waals surface area contributed by atoms with E-state index in [0.29, 0.717) is 18.3 Å². The highest BCUT2D eigenvalue weighted by molar-refractivity contribution is 7.99. The van der Waals surface area contributed by atoms with E-state index in [0.717, 1.165) is 62.7 Å². The number of piperazine rings is 1. The van der Waals surface area contributed by atoms with Crippen molar-refractivity contribution in [3.8, 4) is 0 Å². The third-order valence-corrected chi connectivity index (χ3v) is 9.51. The standard InChI is InChI=1S/C29H36F3N3OS/c30-29(31,32)22-11-13-23(14-12-22)35-18-16-34(17-19-35)15-5-10-27(36)33-28-24-7-2-1-6-21(24)20-37-26-9-4-3-8-25(26)28/h3-4,8-9,11-14,21,24,28H,1-2,5-7,10,15-20H2,(H,33,36)/t21-,24+,28+/m0/s1. The number of nitrogens with one attached hydrogen (secondary N) is 1. The highest BCUT2D eigenvalue weighted by Gasteiger charge is 2.37. The van der Waals surface area contributed by atoms with Crippen LogP contribution in [0, 0.1) is 11.8 Å². The normalized spacial score (nSPS) is 24.6. The van der Waals surface area contributed by atoms with Crippen molar-refractivity contribution in [2.24, 2.45) is 11.8 Å². The highest BCUT2D eigenvalue weighted by atomic mass is 32.2. The average molecular weight is 532 g/mol. The molecule has 3 aliphatic rings. The molecule has 200 valence electrons. The van der Waals surface area contributed by atoms with Gasteiger partial charge in [0.05, 0.1) is 11.6 Å². The van der Waals surface area contributed by atoms with Crippen LogP contribution in [-0.4, -0.2) is 49.3 Å². The molecule has 0 spiro atoms. The zero-order chi connectivity index (χ0) is 25.8. The molecule has 8 heteroatoms. The van der Waals surface area contributed by atoms with Gasteiger partial charge in [0.2, 0.25) is 5.91 Å². The van der Waals surface area contributed by atoms with Crippen molar-refractivity contribution in [2.45, 2.75) is 55.6 Å². The fourth-order valence-corrected chi connectivity index (χ4v) is 7.51. The van der Waals surface area contributed by atoms with Gasteiger partial charge >= 0.3 is 6.18 Å². The summed E-state index contributed by atoms with van der Waals surface area (Å²) in [5.41, 5.74) is 1.50. The highest BCUT2D eigenvalue weighted by Crippen LogP contribution is 2.46. The Balaban J connectivity index is 1.10. The van der Waals surface area contributed by atoms with E-state index in [9.17, 15) is 18.0 Å². The summed E-state index contributed by atoms with van der Waals surface area (Å²) >= 11 is 1.95. The molecule has 0 unspecified atom stereocenters. The topological polar surface area (TPSA) is 35.6 Å². The van der Waals surface area contributed by atoms with E-state index in [1.165, 1.54) is 36.1 Å². The first kappa shape index (κ1) is 26.4. The van der Waals surface area contributed by atoms with Crippen molar-refractivity contribution >= 4 is 23.4 Å². The van der Waals surface area contributed by atoms with Crippen LogP contribution in [0.2, 0.25) is 0 Å². The van der Waals surface area contributed by atoms with Crippen molar-refractivity contribution in [1.29, 1.82) is 0 Å². The number of thioether (sulfide) groups is 1. The third-order valence-electron chi connectivity index (χ3n) is 8.23. The number of nitrogens with zero attached hydrogens (tertiary/aromatic N) is 2. The molecule has 2 aromatic rings. The Morgan fingerprint density at radius 3 is 2.46 bits per heavy atom. The number of rotatable bonds is 6. The lowest BCUT2D eigenvalue weighted by atomic mass is 9.74. The number of halogens is 3. The van der Waals surface area contributed by atoms with Crippen molar-refractivity contribution < 1.29 is 18.0 Å². The van der Waals surface area contributed by atoms with Crippen LogP contribution in [0.4, 0.5) is 18.9 Å². The van der Waals surface area contributed by atoms with Gasteiger partial charge in [-0.25, -0.2) is 0 Å². The Kier molecular flexibility index (Phi) is 8.34. The second-order valence-corrected chi connectivity index (χ2v) is 11.6. The molecule has 2 heterocycles. The van der Waals surface area contributed by atoms with Gasteiger partial charge in [0.1, 0.15) is 0 Å². The lowest BCUT2D eigenvalue weighted by Crippen LogP contribution is -2.46. The van der Waals surface area contributed by atoms with Crippen LogP contribution in [0.3, 0.4) is 0 Å². The van der Waals surface area contributed by atoms with Gasteiger partial charge < -0.3 is 10.2 Å². The quantitative estimate of drug-likeness (QED) is 0.469. The minimum atomic E-state index is -4.31. The van der Waals surface area contributed by atoms with Gasteiger partial charge in [-0.15, -0.1) is 11.8 Å². The fraction of sp³-hybridized carbons (Fsp3) is 0.552. The molecule has 2 fully saturated rings. The van der Waals surface area contributed by atoms with Crippen molar-refractivity contribution in [2.75, 3.05) is 43.4 Å². The van der Waals surface area contributed by atoms with Crippen molar-refractivity contribution in [3.63, 3.8) is 0 Å². The Morgan fingerprint density at radius 1 is 0.973 bits per heavy atom. The molecular weight excluding hydrogens is 495 g/mol. The van der Waals surface area contributed by atoms with Crippen LogP contribution >= 0.6 is 11.8 Å². The summed E-state index contributed by atoms with van der Waals surface area (Å²) in [6, 6.07) is 14.1. The zero-order valence-electron chi connectivity index (χ0n) is 21.2. The molecule has 1 saturated heterocycles. The number of carbonyl (C=O) groups excluding carboxylic acids is 1. The number of anilines is 1. The lowest BCUT2D eigenvalue weighted by Gasteiger charge is -2.36. The molecule has 2 aliphatic heterocycles. The van der Waals surface area contributed by atoms with Crippen molar-refractivity contribution in [1.82, 2.24) is 10.2 Å². The van der Waals surface area contributed by atoms with Crippen LogP contribution < -0.4 is 10.2 Å². The third kappa shape index (κ3) is 6.45. The molecule has 1 aliphatic carbocycles. The molecule has 2 aromatic carbocycles. The summed E-state index contributed by atoms with van der Waals surface area (Å²) in [4.78, 5) is 18.9.